The Morgan fingerprint density at radius 3 is 2.20 bits per heavy atom. The fraction of sp³-hybridized carbons (Fsp3) is 0.778. The lowest BCUT2D eigenvalue weighted by Gasteiger charge is -1.88. The first kappa shape index (κ1) is 9.70. The summed E-state index contributed by atoms with van der Waals surface area (Å²) in [6.45, 7) is 2.25. The predicted octanol–water partition coefficient (Wildman–Crippen LogP) is 2.94. The van der Waals surface area contributed by atoms with Gasteiger partial charge in [-0.3, -0.25) is 0 Å². The molecule has 0 bridgehead atoms. The lowest BCUT2D eigenvalue weighted by molar-refractivity contribution is 0.190. The summed E-state index contributed by atoms with van der Waals surface area (Å²) in [5.41, 5.74) is 0. The quantitative estimate of drug-likeness (QED) is 0.400. The van der Waals surface area contributed by atoms with Gasteiger partial charge in [0.1, 0.15) is 0 Å². The van der Waals surface area contributed by atoms with Crippen molar-refractivity contribution in [3.05, 3.63) is 12.2 Å². The molecule has 0 amide bonds. The van der Waals surface area contributed by atoms with Crippen molar-refractivity contribution in [2.24, 2.45) is 0 Å². The van der Waals surface area contributed by atoms with E-state index >= 15 is 0 Å². The molecule has 1 heteroatoms. The zero-order valence-corrected chi connectivity index (χ0v) is 6.81. The molecule has 0 aliphatic heterocycles. The molecule has 10 heavy (non-hydrogen) atoms. The molecular formula is C9H17O. The molecule has 0 aromatic rings. The Hall–Kier alpha value is -0.300. The maximum absolute atomic E-state index is 9.98. The van der Waals surface area contributed by atoms with Crippen molar-refractivity contribution in [3.8, 4) is 0 Å². The average Bonchev–Trinajstić information content (AvgIpc) is 1.97. The van der Waals surface area contributed by atoms with Gasteiger partial charge in [0.2, 0.25) is 0 Å². The molecule has 1 nitrogen and oxygen atoms in total. The van der Waals surface area contributed by atoms with Gasteiger partial charge in [0.05, 0.1) is 6.61 Å². The third kappa shape index (κ3) is 7.70. The van der Waals surface area contributed by atoms with Gasteiger partial charge in [0.25, 0.3) is 0 Å². The Bertz CT molecular complexity index is 66.8. The third-order valence-corrected chi connectivity index (χ3v) is 1.41. The van der Waals surface area contributed by atoms with Crippen LogP contribution in [-0.4, -0.2) is 6.61 Å². The molecule has 0 atom stereocenters. The highest BCUT2D eigenvalue weighted by molar-refractivity contribution is 4.80. The van der Waals surface area contributed by atoms with Crippen molar-refractivity contribution >= 4 is 0 Å². The molecule has 0 fully saturated rings. The van der Waals surface area contributed by atoms with Crippen LogP contribution in [0.5, 0.6) is 0 Å². The van der Waals surface area contributed by atoms with Gasteiger partial charge in [-0.05, 0) is 19.3 Å². The third-order valence-electron chi connectivity index (χ3n) is 1.41. The van der Waals surface area contributed by atoms with Crippen LogP contribution in [0.4, 0.5) is 0 Å². The van der Waals surface area contributed by atoms with E-state index in [4.69, 9.17) is 0 Å². The number of hydrogen-bond acceptors (Lipinski definition) is 0. The first-order chi connectivity index (χ1) is 4.91. The average molecular weight is 141 g/mol. The summed E-state index contributed by atoms with van der Waals surface area (Å²) in [6, 6.07) is 0. The van der Waals surface area contributed by atoms with Crippen molar-refractivity contribution in [1.29, 1.82) is 0 Å². The molecule has 0 aromatic carbocycles. The van der Waals surface area contributed by atoms with Crippen LogP contribution in [0.25, 0.3) is 0 Å². The molecule has 0 aliphatic carbocycles. The second-order valence-electron chi connectivity index (χ2n) is 2.46. The minimum atomic E-state index is 0.0676. The van der Waals surface area contributed by atoms with E-state index in [9.17, 15) is 5.11 Å². The molecule has 0 saturated carbocycles. The van der Waals surface area contributed by atoms with Crippen LogP contribution in [0.2, 0.25) is 0 Å². The fourth-order valence-electron chi connectivity index (χ4n) is 0.759. The summed E-state index contributed by atoms with van der Waals surface area (Å²) < 4.78 is 0. The maximum atomic E-state index is 9.98. The van der Waals surface area contributed by atoms with Crippen LogP contribution in [0.15, 0.2) is 12.2 Å². The van der Waals surface area contributed by atoms with Crippen molar-refractivity contribution < 1.29 is 5.11 Å². The van der Waals surface area contributed by atoms with Gasteiger partial charge in [0, 0.05) is 0 Å². The largest absolute Gasteiger partial charge is 0.237 e. The minimum Gasteiger partial charge on any atom is -0.237 e. The molecule has 1 radical (unpaired) electrons. The molecule has 0 heterocycles. The monoisotopic (exact) mass is 141 g/mol. The van der Waals surface area contributed by atoms with E-state index in [0.717, 1.165) is 12.8 Å². The van der Waals surface area contributed by atoms with Crippen molar-refractivity contribution in [1.82, 2.24) is 0 Å². The van der Waals surface area contributed by atoms with E-state index in [1.54, 1.807) is 0 Å². The van der Waals surface area contributed by atoms with Gasteiger partial charge in [-0.1, -0.05) is 31.9 Å². The zero-order valence-electron chi connectivity index (χ0n) is 6.81. The van der Waals surface area contributed by atoms with Crippen LogP contribution in [0.1, 0.15) is 39.0 Å². The molecule has 0 aromatic heterocycles. The van der Waals surface area contributed by atoms with E-state index in [2.05, 4.69) is 19.1 Å². The standard InChI is InChI=1S/C9H17O/c1-2-3-4-5-6-7-8-9-10/h5-6H,2-4,7-9H2,1H3. The predicted molar refractivity (Wildman–Crippen MR) is 43.5 cm³/mol. The second kappa shape index (κ2) is 8.70. The van der Waals surface area contributed by atoms with E-state index in [0.29, 0.717) is 0 Å². The smallest absolute Gasteiger partial charge is 0.0825 e. The van der Waals surface area contributed by atoms with Crippen LogP contribution >= 0.6 is 0 Å². The zero-order chi connectivity index (χ0) is 7.66. The van der Waals surface area contributed by atoms with E-state index in [1.807, 2.05) is 0 Å². The van der Waals surface area contributed by atoms with Gasteiger partial charge in [-0.2, -0.15) is 0 Å². The topological polar surface area (TPSA) is 19.9 Å². The summed E-state index contributed by atoms with van der Waals surface area (Å²) in [4.78, 5) is 0. The Labute approximate surface area is 63.8 Å². The fourth-order valence-corrected chi connectivity index (χ4v) is 0.759. The Balaban J connectivity index is 2.89. The van der Waals surface area contributed by atoms with Crippen LogP contribution in [-0.2, 0) is 5.11 Å². The molecule has 0 saturated heterocycles. The number of allylic oxidation sites excluding steroid dienone is 2. The lowest BCUT2D eigenvalue weighted by atomic mass is 10.2. The summed E-state index contributed by atoms with van der Waals surface area (Å²) in [6.07, 6.45) is 9.76. The van der Waals surface area contributed by atoms with Crippen molar-refractivity contribution in [2.45, 2.75) is 39.0 Å². The Kier molecular flexibility index (Phi) is 8.44. The summed E-state index contributed by atoms with van der Waals surface area (Å²) >= 11 is 0. The summed E-state index contributed by atoms with van der Waals surface area (Å²) in [5, 5.41) is 9.98. The first-order valence-corrected chi connectivity index (χ1v) is 4.15. The molecule has 59 valence electrons. The maximum Gasteiger partial charge on any atom is 0.0825 e. The lowest BCUT2D eigenvalue weighted by Crippen LogP contribution is -1.76. The molecule has 0 rings (SSSR count). The SMILES string of the molecule is CCCCC=CCCC[O]. The van der Waals surface area contributed by atoms with Crippen molar-refractivity contribution in [3.63, 3.8) is 0 Å². The van der Waals surface area contributed by atoms with Gasteiger partial charge < -0.3 is 0 Å². The van der Waals surface area contributed by atoms with Crippen LogP contribution in [0, 0.1) is 0 Å². The number of hydrogen-bond donors (Lipinski definition) is 0. The Morgan fingerprint density at radius 2 is 1.70 bits per heavy atom. The van der Waals surface area contributed by atoms with Crippen LogP contribution < -0.4 is 0 Å². The molecule has 0 unspecified atom stereocenters. The highest BCUT2D eigenvalue weighted by Gasteiger charge is 1.80. The highest BCUT2D eigenvalue weighted by Crippen LogP contribution is 1.97. The Morgan fingerprint density at radius 1 is 1.10 bits per heavy atom. The molecule has 0 N–H and O–H groups in total. The van der Waals surface area contributed by atoms with E-state index in [1.165, 1.54) is 19.3 Å². The normalized spacial score (nSPS) is 11.0. The highest BCUT2D eigenvalue weighted by atomic mass is 16.2. The second-order valence-corrected chi connectivity index (χ2v) is 2.46. The summed E-state index contributed by atoms with van der Waals surface area (Å²) in [7, 11) is 0. The van der Waals surface area contributed by atoms with Gasteiger partial charge in [-0.25, -0.2) is 5.11 Å². The molecule has 0 spiro atoms. The van der Waals surface area contributed by atoms with E-state index < -0.39 is 0 Å². The number of unbranched alkanes of at least 4 members (excludes halogenated alkanes) is 3. The summed E-state index contributed by atoms with van der Waals surface area (Å²) in [5.74, 6) is 0. The van der Waals surface area contributed by atoms with Crippen LogP contribution in [0.3, 0.4) is 0 Å². The molecular weight excluding hydrogens is 124 g/mol. The molecule has 0 aliphatic rings. The van der Waals surface area contributed by atoms with Crippen molar-refractivity contribution in [2.75, 3.05) is 6.61 Å². The van der Waals surface area contributed by atoms with Gasteiger partial charge in [0.15, 0.2) is 0 Å². The minimum absolute atomic E-state index is 0.0676. The van der Waals surface area contributed by atoms with E-state index in [-0.39, 0.29) is 6.61 Å². The number of rotatable bonds is 6. The van der Waals surface area contributed by atoms with Gasteiger partial charge in [-0.15, -0.1) is 0 Å². The first-order valence-electron chi connectivity index (χ1n) is 4.15. The van der Waals surface area contributed by atoms with Gasteiger partial charge >= 0.3 is 0 Å².